The van der Waals surface area contributed by atoms with Crippen LogP contribution in [0.3, 0.4) is 0 Å². The second kappa shape index (κ2) is 3.13. The summed E-state index contributed by atoms with van der Waals surface area (Å²) in [6, 6.07) is 10.0. The number of hydrogen-bond donors (Lipinski definition) is 2. The maximum Gasteiger partial charge on any atom is 0.102 e. The molecule has 0 bridgehead atoms. The largest absolute Gasteiger partial charge is 0.384 e. The summed E-state index contributed by atoms with van der Waals surface area (Å²) in [5.41, 5.74) is 0.270. The van der Waals surface area contributed by atoms with Gasteiger partial charge >= 0.3 is 0 Å². The van der Waals surface area contributed by atoms with E-state index in [0.29, 0.717) is 0 Å². The molecule has 2 atom stereocenters. The Hall–Kier alpha value is -0.860. The van der Waals surface area contributed by atoms with E-state index in [1.54, 1.807) is 0 Å². The number of rotatable bonds is 2. The summed E-state index contributed by atoms with van der Waals surface area (Å²) in [6.45, 7) is 2.90. The molecule has 0 aliphatic carbocycles. The topological polar surface area (TPSA) is 32.3 Å². The molecule has 1 saturated heterocycles. The quantitative estimate of drug-likeness (QED) is 0.712. The fourth-order valence-corrected chi connectivity index (χ4v) is 1.75. The Labute approximate surface area is 78.6 Å². The van der Waals surface area contributed by atoms with Crippen LogP contribution < -0.4 is 5.32 Å². The molecule has 0 spiro atoms. The van der Waals surface area contributed by atoms with E-state index in [0.717, 1.165) is 18.5 Å². The summed E-state index contributed by atoms with van der Waals surface area (Å²) >= 11 is 0. The molecular formula is C11H15NO. The third-order valence-electron chi connectivity index (χ3n) is 2.86. The van der Waals surface area contributed by atoms with Gasteiger partial charge in [0.05, 0.1) is 0 Å². The molecule has 70 valence electrons. The molecule has 2 nitrogen and oxygen atoms in total. The predicted octanol–water partition coefficient (Wildman–Crippen LogP) is 1.26. The lowest BCUT2D eigenvalue weighted by Crippen LogP contribution is -2.55. The maximum atomic E-state index is 10.2. The van der Waals surface area contributed by atoms with E-state index in [1.165, 1.54) is 0 Å². The Bertz CT molecular complexity index is 277. The fraction of sp³-hybridized carbons (Fsp3) is 0.455. The third-order valence-corrected chi connectivity index (χ3v) is 2.86. The van der Waals surface area contributed by atoms with Crippen LogP contribution in [-0.2, 0) is 5.60 Å². The van der Waals surface area contributed by atoms with Gasteiger partial charge in [-0.2, -0.15) is 0 Å². The Balaban J connectivity index is 2.23. The van der Waals surface area contributed by atoms with Gasteiger partial charge in [-0.3, -0.25) is 0 Å². The van der Waals surface area contributed by atoms with E-state index >= 15 is 0 Å². The molecule has 2 N–H and O–H groups in total. The summed E-state index contributed by atoms with van der Waals surface area (Å²) in [5, 5.41) is 13.5. The van der Waals surface area contributed by atoms with E-state index in [1.807, 2.05) is 37.3 Å². The van der Waals surface area contributed by atoms with Gasteiger partial charge in [-0.1, -0.05) is 30.3 Å². The lowest BCUT2D eigenvalue weighted by atomic mass is 9.83. The summed E-state index contributed by atoms with van der Waals surface area (Å²) in [6.07, 6.45) is 1.06. The first kappa shape index (κ1) is 8.73. The molecule has 0 saturated carbocycles. The second-order valence-corrected chi connectivity index (χ2v) is 3.81. The van der Waals surface area contributed by atoms with Crippen LogP contribution in [0.1, 0.15) is 18.9 Å². The van der Waals surface area contributed by atoms with Gasteiger partial charge in [-0.05, 0) is 25.5 Å². The molecule has 2 heteroatoms. The van der Waals surface area contributed by atoms with E-state index < -0.39 is 5.60 Å². The Morgan fingerprint density at radius 3 is 2.46 bits per heavy atom. The minimum Gasteiger partial charge on any atom is -0.384 e. The molecule has 0 aromatic heterocycles. The number of hydrogen-bond acceptors (Lipinski definition) is 2. The molecule has 13 heavy (non-hydrogen) atoms. The van der Waals surface area contributed by atoms with Gasteiger partial charge in [-0.15, -0.1) is 0 Å². The van der Waals surface area contributed by atoms with E-state index in [4.69, 9.17) is 0 Å². The van der Waals surface area contributed by atoms with Gasteiger partial charge in [0.25, 0.3) is 0 Å². The minimum absolute atomic E-state index is 0.218. The molecule has 1 aliphatic rings. The predicted molar refractivity (Wildman–Crippen MR) is 52.4 cm³/mol. The van der Waals surface area contributed by atoms with E-state index in [2.05, 4.69) is 5.32 Å². The highest BCUT2D eigenvalue weighted by Crippen LogP contribution is 2.28. The maximum absolute atomic E-state index is 10.2. The monoisotopic (exact) mass is 177 g/mol. The van der Waals surface area contributed by atoms with Gasteiger partial charge in [0.2, 0.25) is 0 Å². The molecular weight excluding hydrogens is 162 g/mol. The van der Waals surface area contributed by atoms with Crippen molar-refractivity contribution in [1.29, 1.82) is 0 Å². The Morgan fingerprint density at radius 1 is 1.38 bits per heavy atom. The highest BCUT2D eigenvalue weighted by molar-refractivity contribution is 5.24. The lowest BCUT2D eigenvalue weighted by molar-refractivity contribution is -0.00908. The molecule has 1 fully saturated rings. The van der Waals surface area contributed by atoms with Crippen molar-refractivity contribution in [3.63, 3.8) is 0 Å². The van der Waals surface area contributed by atoms with Gasteiger partial charge in [0, 0.05) is 6.04 Å². The second-order valence-electron chi connectivity index (χ2n) is 3.81. The number of nitrogens with one attached hydrogen (secondary N) is 1. The van der Waals surface area contributed by atoms with Crippen LogP contribution in [-0.4, -0.2) is 17.7 Å². The van der Waals surface area contributed by atoms with Crippen LogP contribution >= 0.6 is 0 Å². The normalized spacial score (nSPS) is 26.2. The van der Waals surface area contributed by atoms with Crippen molar-refractivity contribution >= 4 is 0 Å². The van der Waals surface area contributed by atoms with Crippen molar-refractivity contribution in [1.82, 2.24) is 5.32 Å². The van der Waals surface area contributed by atoms with Crippen LogP contribution in [0.2, 0.25) is 0 Å². The lowest BCUT2D eigenvalue weighted by Gasteiger charge is -2.40. The molecule has 1 aromatic carbocycles. The van der Waals surface area contributed by atoms with Crippen molar-refractivity contribution in [2.75, 3.05) is 6.54 Å². The highest BCUT2D eigenvalue weighted by Gasteiger charge is 2.36. The molecule has 1 aliphatic heterocycles. The third kappa shape index (κ3) is 1.47. The SMILES string of the molecule is CC(O)(c1ccccc1)C1CCN1. The highest BCUT2D eigenvalue weighted by atomic mass is 16.3. The minimum atomic E-state index is -0.723. The molecule has 1 heterocycles. The van der Waals surface area contributed by atoms with E-state index in [9.17, 15) is 5.11 Å². The van der Waals surface area contributed by atoms with Crippen molar-refractivity contribution in [3.8, 4) is 0 Å². The van der Waals surface area contributed by atoms with Crippen molar-refractivity contribution in [2.24, 2.45) is 0 Å². The summed E-state index contributed by atoms with van der Waals surface area (Å²) in [5.74, 6) is 0. The molecule has 0 amide bonds. The molecule has 2 rings (SSSR count). The standard InChI is InChI=1S/C11H15NO/c1-11(13,10-7-8-12-10)9-5-3-2-4-6-9/h2-6,10,12-13H,7-8H2,1H3. The van der Waals surface area contributed by atoms with Crippen LogP contribution in [0.25, 0.3) is 0 Å². The van der Waals surface area contributed by atoms with Crippen LogP contribution in [0.15, 0.2) is 30.3 Å². The zero-order valence-electron chi connectivity index (χ0n) is 7.83. The average molecular weight is 177 g/mol. The smallest absolute Gasteiger partial charge is 0.102 e. The molecule has 2 unspecified atom stereocenters. The number of benzene rings is 1. The number of aliphatic hydroxyl groups is 1. The van der Waals surface area contributed by atoms with Gasteiger partial charge in [0.1, 0.15) is 5.60 Å². The zero-order valence-corrected chi connectivity index (χ0v) is 7.83. The molecule has 1 aromatic rings. The van der Waals surface area contributed by atoms with Crippen LogP contribution in [0, 0.1) is 0 Å². The van der Waals surface area contributed by atoms with E-state index in [-0.39, 0.29) is 6.04 Å². The van der Waals surface area contributed by atoms with Crippen LogP contribution in [0.4, 0.5) is 0 Å². The zero-order chi connectivity index (χ0) is 9.31. The van der Waals surface area contributed by atoms with Crippen molar-refractivity contribution in [3.05, 3.63) is 35.9 Å². The van der Waals surface area contributed by atoms with Crippen molar-refractivity contribution < 1.29 is 5.11 Å². The van der Waals surface area contributed by atoms with Gasteiger partial charge in [-0.25, -0.2) is 0 Å². The van der Waals surface area contributed by atoms with Gasteiger partial charge < -0.3 is 10.4 Å². The first-order valence-electron chi connectivity index (χ1n) is 4.72. The summed E-state index contributed by atoms with van der Waals surface area (Å²) in [4.78, 5) is 0. The Morgan fingerprint density at radius 2 is 2.00 bits per heavy atom. The fourth-order valence-electron chi connectivity index (χ4n) is 1.75. The Kier molecular flexibility index (Phi) is 2.10. The first-order valence-corrected chi connectivity index (χ1v) is 4.72. The average Bonchev–Trinajstić information content (AvgIpc) is 2.02. The summed E-state index contributed by atoms with van der Waals surface area (Å²) < 4.78 is 0. The summed E-state index contributed by atoms with van der Waals surface area (Å²) in [7, 11) is 0. The van der Waals surface area contributed by atoms with Crippen molar-refractivity contribution in [2.45, 2.75) is 25.0 Å². The molecule has 0 radical (unpaired) electrons. The first-order chi connectivity index (χ1) is 6.21. The van der Waals surface area contributed by atoms with Crippen LogP contribution in [0.5, 0.6) is 0 Å². The van der Waals surface area contributed by atoms with Gasteiger partial charge in [0.15, 0.2) is 0 Å².